The van der Waals surface area contributed by atoms with E-state index in [0.29, 0.717) is 0 Å². The molecule has 0 fully saturated rings. The van der Waals surface area contributed by atoms with E-state index in [1.54, 1.807) is 12.4 Å². The summed E-state index contributed by atoms with van der Waals surface area (Å²) in [6, 6.07) is 11.6. The third kappa shape index (κ3) is 2.42. The van der Waals surface area contributed by atoms with Crippen LogP contribution in [0.5, 0.6) is 0 Å². The summed E-state index contributed by atoms with van der Waals surface area (Å²) in [7, 11) is 0. The van der Waals surface area contributed by atoms with Crippen molar-refractivity contribution < 1.29 is 4.79 Å². The van der Waals surface area contributed by atoms with Crippen LogP contribution in [0.4, 0.5) is 11.4 Å². The number of nitrogens with one attached hydrogen (secondary N) is 2. The lowest BCUT2D eigenvalue weighted by Gasteiger charge is -2.25. The number of hydrogen-bond acceptors (Lipinski definition) is 3. The summed E-state index contributed by atoms with van der Waals surface area (Å²) in [5.41, 5.74) is 2.86. The smallest absolute Gasteiger partial charge is 0.232 e. The molecule has 3 rings (SSSR count). The highest BCUT2D eigenvalue weighted by Gasteiger charge is 2.26. The molecule has 0 radical (unpaired) electrons. The molecule has 2 heterocycles. The maximum Gasteiger partial charge on any atom is 0.232 e. The standard InChI is InChI=1S/C15H15N3O/c19-15(18-11-4-3-8-16-10-11)13-7-9-17-14-6-2-1-5-12(13)14/h1-6,8,10,13,17H,7,9H2,(H,18,19). The molecule has 1 unspecified atom stereocenters. The minimum absolute atomic E-state index is 0.0296. The summed E-state index contributed by atoms with van der Waals surface area (Å²) in [6.45, 7) is 0.822. The second-order valence-corrected chi connectivity index (χ2v) is 4.59. The van der Waals surface area contributed by atoms with E-state index in [1.807, 2.05) is 36.4 Å². The van der Waals surface area contributed by atoms with Crippen LogP contribution in [0.1, 0.15) is 17.9 Å². The lowest BCUT2D eigenvalue weighted by molar-refractivity contribution is -0.117. The minimum Gasteiger partial charge on any atom is -0.385 e. The zero-order chi connectivity index (χ0) is 13.1. The van der Waals surface area contributed by atoms with Crippen molar-refractivity contribution in [3.8, 4) is 0 Å². The monoisotopic (exact) mass is 253 g/mol. The van der Waals surface area contributed by atoms with Crippen molar-refractivity contribution in [2.45, 2.75) is 12.3 Å². The molecule has 0 bridgehead atoms. The molecule has 1 aliphatic rings. The van der Waals surface area contributed by atoms with Gasteiger partial charge in [-0.3, -0.25) is 9.78 Å². The zero-order valence-electron chi connectivity index (χ0n) is 10.5. The van der Waals surface area contributed by atoms with Gasteiger partial charge in [-0.25, -0.2) is 0 Å². The van der Waals surface area contributed by atoms with Gasteiger partial charge in [-0.2, -0.15) is 0 Å². The molecule has 4 heteroatoms. The van der Waals surface area contributed by atoms with E-state index in [0.717, 1.165) is 29.9 Å². The first-order valence-corrected chi connectivity index (χ1v) is 6.38. The highest BCUT2D eigenvalue weighted by atomic mass is 16.1. The number of fused-ring (bicyclic) bond motifs is 1. The summed E-state index contributed by atoms with van der Waals surface area (Å²) < 4.78 is 0. The molecule has 0 saturated heterocycles. The van der Waals surface area contributed by atoms with E-state index < -0.39 is 0 Å². The Balaban J connectivity index is 1.82. The number of benzene rings is 1. The Morgan fingerprint density at radius 2 is 2.16 bits per heavy atom. The van der Waals surface area contributed by atoms with E-state index in [1.165, 1.54) is 0 Å². The molecule has 96 valence electrons. The van der Waals surface area contributed by atoms with Gasteiger partial charge in [-0.1, -0.05) is 18.2 Å². The summed E-state index contributed by atoms with van der Waals surface area (Å²) in [6.07, 6.45) is 4.16. The van der Waals surface area contributed by atoms with Gasteiger partial charge in [0.15, 0.2) is 0 Å². The van der Waals surface area contributed by atoms with Gasteiger partial charge in [-0.15, -0.1) is 0 Å². The van der Waals surface area contributed by atoms with E-state index in [-0.39, 0.29) is 11.8 Å². The zero-order valence-corrected chi connectivity index (χ0v) is 10.5. The van der Waals surface area contributed by atoms with Gasteiger partial charge in [0, 0.05) is 18.4 Å². The maximum atomic E-state index is 12.4. The molecule has 1 aromatic heterocycles. The lowest BCUT2D eigenvalue weighted by atomic mass is 9.90. The summed E-state index contributed by atoms with van der Waals surface area (Å²) in [5.74, 6) is -0.0698. The molecule has 1 amide bonds. The third-order valence-corrected chi connectivity index (χ3v) is 3.33. The van der Waals surface area contributed by atoms with Crippen molar-refractivity contribution in [2.75, 3.05) is 17.2 Å². The van der Waals surface area contributed by atoms with Crippen LogP contribution in [0.25, 0.3) is 0 Å². The fourth-order valence-electron chi connectivity index (χ4n) is 2.41. The lowest BCUT2D eigenvalue weighted by Crippen LogP contribution is -2.27. The number of nitrogens with zero attached hydrogens (tertiary/aromatic N) is 1. The number of anilines is 2. The normalized spacial score (nSPS) is 17.2. The van der Waals surface area contributed by atoms with Gasteiger partial charge < -0.3 is 10.6 Å². The Bertz CT molecular complexity index is 583. The number of pyridine rings is 1. The highest BCUT2D eigenvalue weighted by Crippen LogP contribution is 2.32. The first kappa shape index (κ1) is 11.7. The van der Waals surface area contributed by atoms with Gasteiger partial charge in [0.2, 0.25) is 5.91 Å². The van der Waals surface area contributed by atoms with Crippen LogP contribution in [-0.4, -0.2) is 17.4 Å². The average molecular weight is 253 g/mol. The van der Waals surface area contributed by atoms with Crippen molar-refractivity contribution in [1.82, 2.24) is 4.98 Å². The Labute approximate surface area is 111 Å². The number of para-hydroxylation sites is 1. The molecule has 0 saturated carbocycles. The van der Waals surface area contributed by atoms with E-state index >= 15 is 0 Å². The minimum atomic E-state index is -0.0994. The molecule has 0 spiro atoms. The Morgan fingerprint density at radius 1 is 1.26 bits per heavy atom. The predicted molar refractivity (Wildman–Crippen MR) is 75.2 cm³/mol. The maximum absolute atomic E-state index is 12.4. The summed E-state index contributed by atoms with van der Waals surface area (Å²) in [5, 5.41) is 6.24. The van der Waals surface area contributed by atoms with Gasteiger partial charge in [0.05, 0.1) is 17.8 Å². The molecule has 0 aliphatic carbocycles. The molecule has 2 aromatic rings. The number of rotatable bonds is 2. The van der Waals surface area contributed by atoms with Crippen molar-refractivity contribution in [3.63, 3.8) is 0 Å². The first-order chi connectivity index (χ1) is 9.34. The molecule has 1 aromatic carbocycles. The van der Waals surface area contributed by atoms with Crippen molar-refractivity contribution in [2.24, 2.45) is 0 Å². The molecule has 19 heavy (non-hydrogen) atoms. The number of carbonyl (C=O) groups is 1. The second kappa shape index (κ2) is 5.10. The molecule has 1 atom stereocenters. The van der Waals surface area contributed by atoms with Crippen LogP contribution in [0.2, 0.25) is 0 Å². The fraction of sp³-hybridized carbons (Fsp3) is 0.200. The van der Waals surface area contributed by atoms with Crippen LogP contribution in [0.15, 0.2) is 48.8 Å². The molecule has 4 nitrogen and oxygen atoms in total. The second-order valence-electron chi connectivity index (χ2n) is 4.59. The van der Waals surface area contributed by atoms with E-state index in [2.05, 4.69) is 15.6 Å². The van der Waals surface area contributed by atoms with Gasteiger partial charge >= 0.3 is 0 Å². The van der Waals surface area contributed by atoms with Crippen LogP contribution in [0, 0.1) is 0 Å². The highest BCUT2D eigenvalue weighted by molar-refractivity contribution is 5.97. The molecular weight excluding hydrogens is 238 g/mol. The summed E-state index contributed by atoms with van der Waals surface area (Å²) in [4.78, 5) is 16.4. The van der Waals surface area contributed by atoms with Crippen molar-refractivity contribution >= 4 is 17.3 Å². The van der Waals surface area contributed by atoms with Crippen LogP contribution >= 0.6 is 0 Å². The van der Waals surface area contributed by atoms with Crippen LogP contribution < -0.4 is 10.6 Å². The number of aromatic nitrogens is 1. The molecule has 2 N–H and O–H groups in total. The fourth-order valence-corrected chi connectivity index (χ4v) is 2.41. The number of amides is 1. The molecular formula is C15H15N3O. The first-order valence-electron chi connectivity index (χ1n) is 6.38. The number of hydrogen-bond donors (Lipinski definition) is 2. The topological polar surface area (TPSA) is 54.0 Å². The van der Waals surface area contributed by atoms with Crippen molar-refractivity contribution in [3.05, 3.63) is 54.4 Å². The number of carbonyl (C=O) groups excluding carboxylic acids is 1. The van der Waals surface area contributed by atoms with Gasteiger partial charge in [-0.05, 0) is 30.2 Å². The van der Waals surface area contributed by atoms with E-state index in [9.17, 15) is 4.79 Å². The largest absolute Gasteiger partial charge is 0.385 e. The van der Waals surface area contributed by atoms with Gasteiger partial charge in [0.25, 0.3) is 0 Å². The third-order valence-electron chi connectivity index (χ3n) is 3.33. The Morgan fingerprint density at radius 3 is 3.00 bits per heavy atom. The average Bonchev–Trinajstić information content (AvgIpc) is 2.47. The summed E-state index contributed by atoms with van der Waals surface area (Å²) >= 11 is 0. The van der Waals surface area contributed by atoms with Crippen molar-refractivity contribution in [1.29, 1.82) is 0 Å². The van der Waals surface area contributed by atoms with Crippen LogP contribution in [0.3, 0.4) is 0 Å². The van der Waals surface area contributed by atoms with Crippen LogP contribution in [-0.2, 0) is 4.79 Å². The Kier molecular flexibility index (Phi) is 3.14. The predicted octanol–water partition coefficient (Wildman–Crippen LogP) is 2.62. The van der Waals surface area contributed by atoms with Gasteiger partial charge in [0.1, 0.15) is 0 Å². The molecule has 1 aliphatic heterocycles. The quantitative estimate of drug-likeness (QED) is 0.865. The Hall–Kier alpha value is -2.36. The van der Waals surface area contributed by atoms with E-state index in [4.69, 9.17) is 0 Å². The SMILES string of the molecule is O=C(Nc1cccnc1)C1CCNc2ccccc21.